The number of nitrogens with one attached hydrogen (secondary N) is 1. The van der Waals surface area contributed by atoms with Gasteiger partial charge in [-0.2, -0.15) is 0 Å². The van der Waals surface area contributed by atoms with Gasteiger partial charge in [0.05, 0.1) is 0 Å². The van der Waals surface area contributed by atoms with Gasteiger partial charge in [-0.05, 0) is 19.1 Å². The van der Waals surface area contributed by atoms with Crippen molar-refractivity contribution in [3.63, 3.8) is 0 Å². The molecule has 3 rings (SSSR count). The fourth-order valence-corrected chi connectivity index (χ4v) is 3.05. The standard InChI is InChI=1S/C15H14F2N4O2S/c1-9-7-18-14(24-9)19-13(22)8-20-4-5-21(15(20)23)10-2-3-11(16)12(17)6-10/h2-3,6-7H,4-5,8H2,1H3,(H,18,19,22). The molecular weight excluding hydrogens is 338 g/mol. The minimum absolute atomic E-state index is 0.127. The molecule has 0 bridgehead atoms. The number of anilines is 2. The summed E-state index contributed by atoms with van der Waals surface area (Å²) in [5.41, 5.74) is 0.261. The number of carbonyl (C=O) groups is 2. The minimum atomic E-state index is -1.02. The third-order valence-electron chi connectivity index (χ3n) is 3.51. The summed E-state index contributed by atoms with van der Waals surface area (Å²) in [4.78, 5) is 32.0. The molecule has 126 valence electrons. The Balaban J connectivity index is 1.63. The molecule has 9 heteroatoms. The molecule has 1 aromatic heterocycles. The lowest BCUT2D eigenvalue weighted by Crippen LogP contribution is -2.37. The molecule has 0 unspecified atom stereocenters. The van der Waals surface area contributed by atoms with Gasteiger partial charge in [0.1, 0.15) is 6.54 Å². The van der Waals surface area contributed by atoms with E-state index in [-0.39, 0.29) is 18.1 Å². The van der Waals surface area contributed by atoms with Crippen molar-refractivity contribution in [1.82, 2.24) is 9.88 Å². The molecule has 2 heterocycles. The van der Waals surface area contributed by atoms with Crippen LogP contribution in [0.4, 0.5) is 24.4 Å². The Morgan fingerprint density at radius 1 is 1.33 bits per heavy atom. The van der Waals surface area contributed by atoms with Gasteiger partial charge in [-0.15, -0.1) is 11.3 Å². The van der Waals surface area contributed by atoms with Crippen molar-refractivity contribution in [3.05, 3.63) is 40.9 Å². The van der Waals surface area contributed by atoms with Gasteiger partial charge in [-0.3, -0.25) is 9.69 Å². The van der Waals surface area contributed by atoms with E-state index in [1.54, 1.807) is 6.20 Å². The molecule has 0 saturated carbocycles. The lowest BCUT2D eigenvalue weighted by molar-refractivity contribution is -0.116. The molecule has 0 radical (unpaired) electrons. The molecule has 2 aromatic rings. The van der Waals surface area contributed by atoms with E-state index < -0.39 is 17.7 Å². The molecule has 24 heavy (non-hydrogen) atoms. The summed E-state index contributed by atoms with van der Waals surface area (Å²) < 4.78 is 26.3. The maximum absolute atomic E-state index is 13.3. The van der Waals surface area contributed by atoms with Gasteiger partial charge in [0, 0.05) is 35.9 Å². The molecule has 1 aromatic carbocycles. The Morgan fingerprint density at radius 3 is 2.79 bits per heavy atom. The first kappa shape index (κ1) is 16.3. The molecule has 1 saturated heterocycles. The van der Waals surface area contributed by atoms with Gasteiger partial charge in [0.2, 0.25) is 5.91 Å². The smallest absolute Gasteiger partial charge is 0.313 e. The monoisotopic (exact) mass is 352 g/mol. The second-order valence-electron chi connectivity index (χ2n) is 5.28. The average Bonchev–Trinajstić information content (AvgIpc) is 3.09. The first-order chi connectivity index (χ1) is 11.4. The number of halogens is 2. The fraction of sp³-hybridized carbons (Fsp3) is 0.267. The summed E-state index contributed by atoms with van der Waals surface area (Å²) in [7, 11) is 0. The largest absolute Gasteiger partial charge is 0.325 e. The van der Waals surface area contributed by atoms with Crippen LogP contribution in [0.25, 0.3) is 0 Å². The van der Waals surface area contributed by atoms with Crippen LogP contribution in [0, 0.1) is 18.6 Å². The predicted molar refractivity (Wildman–Crippen MR) is 86.2 cm³/mol. The summed E-state index contributed by atoms with van der Waals surface area (Å²) in [5.74, 6) is -2.35. The van der Waals surface area contributed by atoms with Crippen LogP contribution in [0.5, 0.6) is 0 Å². The van der Waals surface area contributed by atoms with E-state index in [1.807, 2.05) is 6.92 Å². The normalized spacial score (nSPS) is 14.4. The van der Waals surface area contributed by atoms with Crippen molar-refractivity contribution >= 4 is 34.1 Å². The number of aryl methyl sites for hydroxylation is 1. The lowest BCUT2D eigenvalue weighted by Gasteiger charge is -2.18. The lowest BCUT2D eigenvalue weighted by atomic mass is 10.3. The molecule has 1 fully saturated rings. The number of benzene rings is 1. The number of carbonyl (C=O) groups excluding carboxylic acids is 2. The molecule has 0 spiro atoms. The molecule has 3 amide bonds. The highest BCUT2D eigenvalue weighted by Gasteiger charge is 2.31. The van der Waals surface area contributed by atoms with Crippen molar-refractivity contribution in [1.29, 1.82) is 0 Å². The number of hydrogen-bond acceptors (Lipinski definition) is 4. The summed E-state index contributed by atoms with van der Waals surface area (Å²) in [6, 6.07) is 2.84. The number of hydrogen-bond donors (Lipinski definition) is 1. The van der Waals surface area contributed by atoms with Crippen LogP contribution >= 0.6 is 11.3 Å². The second kappa shape index (κ2) is 6.52. The van der Waals surface area contributed by atoms with Crippen LogP contribution in [0.15, 0.2) is 24.4 Å². The predicted octanol–water partition coefficient (Wildman–Crippen LogP) is 2.61. The minimum Gasteiger partial charge on any atom is -0.313 e. The van der Waals surface area contributed by atoms with Crippen molar-refractivity contribution in [2.24, 2.45) is 0 Å². The zero-order valence-corrected chi connectivity index (χ0v) is 13.6. The number of urea groups is 1. The highest BCUT2D eigenvalue weighted by Crippen LogP contribution is 2.22. The van der Waals surface area contributed by atoms with E-state index in [2.05, 4.69) is 10.3 Å². The first-order valence-electron chi connectivity index (χ1n) is 7.18. The Kier molecular flexibility index (Phi) is 4.43. The molecule has 0 atom stereocenters. The Morgan fingerprint density at radius 2 is 2.12 bits per heavy atom. The molecule has 1 aliphatic heterocycles. The molecular formula is C15H14F2N4O2S. The number of thiazole rings is 1. The summed E-state index contributed by atoms with van der Waals surface area (Å²) in [5, 5.41) is 3.10. The van der Waals surface area contributed by atoms with Crippen molar-refractivity contribution < 1.29 is 18.4 Å². The van der Waals surface area contributed by atoms with E-state index in [0.29, 0.717) is 18.2 Å². The molecule has 1 N–H and O–H groups in total. The van der Waals surface area contributed by atoms with Gasteiger partial charge >= 0.3 is 6.03 Å². The van der Waals surface area contributed by atoms with Crippen molar-refractivity contribution in [2.45, 2.75) is 6.92 Å². The Bertz CT molecular complexity index is 796. The summed E-state index contributed by atoms with van der Waals surface area (Å²) >= 11 is 1.34. The van der Waals surface area contributed by atoms with E-state index in [1.165, 1.54) is 27.2 Å². The van der Waals surface area contributed by atoms with Gasteiger partial charge in [-0.1, -0.05) is 0 Å². The van der Waals surface area contributed by atoms with Crippen molar-refractivity contribution in [2.75, 3.05) is 29.9 Å². The third kappa shape index (κ3) is 3.35. The van der Waals surface area contributed by atoms with Crippen LogP contribution in [0.3, 0.4) is 0 Å². The first-order valence-corrected chi connectivity index (χ1v) is 7.99. The van der Waals surface area contributed by atoms with E-state index in [9.17, 15) is 18.4 Å². The van der Waals surface area contributed by atoms with E-state index in [4.69, 9.17) is 0 Å². The highest BCUT2D eigenvalue weighted by molar-refractivity contribution is 7.15. The molecule has 1 aliphatic rings. The van der Waals surface area contributed by atoms with Crippen LogP contribution in [0.1, 0.15) is 4.88 Å². The SMILES string of the molecule is Cc1cnc(NC(=O)CN2CCN(c3ccc(F)c(F)c3)C2=O)s1. The third-order valence-corrected chi connectivity index (χ3v) is 4.34. The van der Waals surface area contributed by atoms with Crippen LogP contribution < -0.4 is 10.2 Å². The van der Waals surface area contributed by atoms with Gasteiger partial charge in [-0.25, -0.2) is 18.6 Å². The van der Waals surface area contributed by atoms with Gasteiger partial charge in [0.15, 0.2) is 16.8 Å². The number of nitrogens with zero attached hydrogens (tertiary/aromatic N) is 3. The van der Waals surface area contributed by atoms with Crippen LogP contribution in [-0.4, -0.2) is 41.5 Å². The van der Waals surface area contributed by atoms with Gasteiger partial charge < -0.3 is 10.2 Å². The number of rotatable bonds is 4. The zero-order valence-electron chi connectivity index (χ0n) is 12.8. The topological polar surface area (TPSA) is 65.5 Å². The number of aromatic nitrogens is 1. The fourth-order valence-electron chi connectivity index (χ4n) is 2.37. The highest BCUT2D eigenvalue weighted by atomic mass is 32.1. The van der Waals surface area contributed by atoms with Crippen LogP contribution in [-0.2, 0) is 4.79 Å². The van der Waals surface area contributed by atoms with E-state index >= 15 is 0 Å². The number of amides is 3. The quantitative estimate of drug-likeness (QED) is 0.920. The summed E-state index contributed by atoms with van der Waals surface area (Å²) in [6.45, 7) is 2.37. The van der Waals surface area contributed by atoms with Crippen LogP contribution in [0.2, 0.25) is 0 Å². The van der Waals surface area contributed by atoms with Gasteiger partial charge in [0.25, 0.3) is 0 Å². The van der Waals surface area contributed by atoms with Crippen molar-refractivity contribution in [3.8, 4) is 0 Å². The molecule has 6 nitrogen and oxygen atoms in total. The maximum atomic E-state index is 13.3. The maximum Gasteiger partial charge on any atom is 0.325 e. The Labute approximate surface area is 140 Å². The Hall–Kier alpha value is -2.55. The summed E-state index contributed by atoms with van der Waals surface area (Å²) in [6.07, 6.45) is 1.64. The molecule has 0 aliphatic carbocycles. The zero-order chi connectivity index (χ0) is 17.3. The average molecular weight is 352 g/mol. The second-order valence-corrected chi connectivity index (χ2v) is 6.51. The van der Waals surface area contributed by atoms with E-state index in [0.717, 1.165) is 17.0 Å².